The van der Waals surface area contributed by atoms with Crippen LogP contribution in [0.5, 0.6) is 17.2 Å². The molecule has 0 saturated heterocycles. The predicted molar refractivity (Wildman–Crippen MR) is 87.6 cm³/mol. The van der Waals surface area contributed by atoms with Crippen LogP contribution in [0, 0.1) is 0 Å². The molecule has 2 aromatic carbocycles. The van der Waals surface area contributed by atoms with Gasteiger partial charge in [-0.05, 0) is 50.2 Å². The second-order valence-corrected chi connectivity index (χ2v) is 5.47. The Bertz CT molecular complexity index is 695. The Hall–Kier alpha value is -2.69. The van der Waals surface area contributed by atoms with Crippen LogP contribution in [0.2, 0.25) is 0 Å². The van der Waals surface area contributed by atoms with Crippen LogP contribution in [0.25, 0.3) is 0 Å². The second kappa shape index (κ2) is 6.60. The maximum Gasteiger partial charge on any atom is 0.259 e. The standard InChI is InChI=1S/C18H19NO4/c1-12(2)23-14-8-6-13(7-9-14)19-18(20)15-4-3-5-16-17(15)22-11-10-21-16/h3-9,12H,10-11H2,1-2H3,(H,19,20). The number of amides is 1. The summed E-state index contributed by atoms with van der Waals surface area (Å²) in [6.07, 6.45) is 0.114. The Morgan fingerprint density at radius 1 is 1.09 bits per heavy atom. The number of hydrogen-bond donors (Lipinski definition) is 1. The van der Waals surface area contributed by atoms with Gasteiger partial charge in [0.2, 0.25) is 0 Å². The third-order valence-electron chi connectivity index (χ3n) is 3.29. The van der Waals surface area contributed by atoms with Crippen molar-refractivity contribution in [3.63, 3.8) is 0 Å². The number of para-hydroxylation sites is 1. The Morgan fingerprint density at radius 2 is 1.83 bits per heavy atom. The molecular formula is C18H19NO4. The fraction of sp³-hybridized carbons (Fsp3) is 0.278. The molecule has 3 rings (SSSR count). The van der Waals surface area contributed by atoms with Crippen molar-refractivity contribution in [2.45, 2.75) is 20.0 Å². The van der Waals surface area contributed by atoms with E-state index in [1.165, 1.54) is 0 Å². The van der Waals surface area contributed by atoms with E-state index in [2.05, 4.69) is 5.32 Å². The molecule has 1 heterocycles. The van der Waals surface area contributed by atoms with Crippen molar-refractivity contribution in [3.8, 4) is 17.2 Å². The van der Waals surface area contributed by atoms with Gasteiger partial charge in [0.1, 0.15) is 19.0 Å². The zero-order valence-corrected chi connectivity index (χ0v) is 13.2. The van der Waals surface area contributed by atoms with Crippen LogP contribution in [0.1, 0.15) is 24.2 Å². The quantitative estimate of drug-likeness (QED) is 0.938. The van der Waals surface area contributed by atoms with E-state index in [-0.39, 0.29) is 12.0 Å². The largest absolute Gasteiger partial charge is 0.491 e. The van der Waals surface area contributed by atoms with Gasteiger partial charge in [-0.15, -0.1) is 0 Å². The number of ether oxygens (including phenoxy) is 3. The van der Waals surface area contributed by atoms with Crippen LogP contribution in [0.15, 0.2) is 42.5 Å². The average molecular weight is 313 g/mol. The van der Waals surface area contributed by atoms with Gasteiger partial charge in [-0.3, -0.25) is 4.79 Å². The molecule has 120 valence electrons. The lowest BCUT2D eigenvalue weighted by Crippen LogP contribution is -2.20. The number of anilines is 1. The van der Waals surface area contributed by atoms with E-state index in [9.17, 15) is 4.79 Å². The number of benzene rings is 2. The van der Waals surface area contributed by atoms with Gasteiger partial charge in [0.15, 0.2) is 11.5 Å². The molecule has 0 bridgehead atoms. The van der Waals surface area contributed by atoms with E-state index in [4.69, 9.17) is 14.2 Å². The van der Waals surface area contributed by atoms with Gasteiger partial charge in [0.05, 0.1) is 11.7 Å². The Balaban J connectivity index is 1.74. The zero-order valence-electron chi connectivity index (χ0n) is 13.2. The molecule has 1 aliphatic heterocycles. The van der Waals surface area contributed by atoms with Crippen molar-refractivity contribution in [1.29, 1.82) is 0 Å². The fourth-order valence-electron chi connectivity index (χ4n) is 2.34. The molecule has 0 spiro atoms. The fourth-order valence-corrected chi connectivity index (χ4v) is 2.34. The Kier molecular flexibility index (Phi) is 4.37. The first-order valence-electron chi connectivity index (χ1n) is 7.60. The SMILES string of the molecule is CC(C)Oc1ccc(NC(=O)c2cccc3c2OCCO3)cc1. The number of carbonyl (C=O) groups is 1. The second-order valence-electron chi connectivity index (χ2n) is 5.47. The summed E-state index contributed by atoms with van der Waals surface area (Å²) in [6, 6.07) is 12.6. The molecule has 1 aliphatic rings. The van der Waals surface area contributed by atoms with E-state index in [1.807, 2.05) is 38.1 Å². The molecule has 0 fully saturated rings. The van der Waals surface area contributed by atoms with Gasteiger partial charge in [0, 0.05) is 5.69 Å². The molecule has 0 radical (unpaired) electrons. The van der Waals surface area contributed by atoms with Crippen LogP contribution >= 0.6 is 0 Å². The third-order valence-corrected chi connectivity index (χ3v) is 3.29. The summed E-state index contributed by atoms with van der Waals surface area (Å²) in [5.74, 6) is 1.64. The minimum absolute atomic E-state index is 0.114. The van der Waals surface area contributed by atoms with Crippen molar-refractivity contribution in [1.82, 2.24) is 0 Å². The molecule has 0 unspecified atom stereocenters. The van der Waals surface area contributed by atoms with E-state index in [1.54, 1.807) is 18.2 Å². The summed E-state index contributed by atoms with van der Waals surface area (Å²) in [5, 5.41) is 2.86. The van der Waals surface area contributed by atoms with E-state index in [0.717, 1.165) is 5.75 Å². The van der Waals surface area contributed by atoms with E-state index < -0.39 is 0 Å². The van der Waals surface area contributed by atoms with Gasteiger partial charge in [-0.1, -0.05) is 6.07 Å². The minimum Gasteiger partial charge on any atom is -0.491 e. The molecule has 0 saturated carbocycles. The normalized spacial score (nSPS) is 12.8. The van der Waals surface area contributed by atoms with Crippen LogP contribution in [0.3, 0.4) is 0 Å². The molecule has 5 heteroatoms. The van der Waals surface area contributed by atoms with Crippen LogP contribution in [-0.2, 0) is 0 Å². The third kappa shape index (κ3) is 3.56. The maximum atomic E-state index is 12.5. The molecule has 0 aliphatic carbocycles. The highest BCUT2D eigenvalue weighted by Gasteiger charge is 2.20. The summed E-state index contributed by atoms with van der Waals surface area (Å²) in [7, 11) is 0. The first-order valence-corrected chi connectivity index (χ1v) is 7.60. The molecule has 23 heavy (non-hydrogen) atoms. The lowest BCUT2D eigenvalue weighted by Gasteiger charge is -2.20. The maximum absolute atomic E-state index is 12.5. The van der Waals surface area contributed by atoms with Crippen molar-refractivity contribution < 1.29 is 19.0 Å². The summed E-state index contributed by atoms with van der Waals surface area (Å²) < 4.78 is 16.7. The van der Waals surface area contributed by atoms with Crippen LogP contribution in [0.4, 0.5) is 5.69 Å². The topological polar surface area (TPSA) is 56.8 Å². The van der Waals surface area contributed by atoms with Crippen molar-refractivity contribution >= 4 is 11.6 Å². The number of nitrogens with one attached hydrogen (secondary N) is 1. The smallest absolute Gasteiger partial charge is 0.259 e. The molecule has 5 nitrogen and oxygen atoms in total. The molecule has 0 aromatic heterocycles. The molecule has 1 amide bonds. The number of fused-ring (bicyclic) bond motifs is 1. The molecular weight excluding hydrogens is 294 g/mol. The first kappa shape index (κ1) is 15.2. The summed E-state index contributed by atoms with van der Waals surface area (Å²) >= 11 is 0. The lowest BCUT2D eigenvalue weighted by molar-refractivity contribution is 0.101. The monoisotopic (exact) mass is 313 g/mol. The van der Waals surface area contributed by atoms with Gasteiger partial charge >= 0.3 is 0 Å². The van der Waals surface area contributed by atoms with Gasteiger partial charge in [-0.2, -0.15) is 0 Å². The predicted octanol–water partition coefficient (Wildman–Crippen LogP) is 3.50. The zero-order chi connectivity index (χ0) is 16.2. The molecule has 1 N–H and O–H groups in total. The Morgan fingerprint density at radius 3 is 2.57 bits per heavy atom. The molecule has 0 atom stereocenters. The number of rotatable bonds is 4. The van der Waals surface area contributed by atoms with Crippen molar-refractivity contribution in [2.24, 2.45) is 0 Å². The van der Waals surface area contributed by atoms with Gasteiger partial charge < -0.3 is 19.5 Å². The van der Waals surface area contributed by atoms with Crippen molar-refractivity contribution in [3.05, 3.63) is 48.0 Å². The number of carbonyl (C=O) groups excluding carboxylic acids is 1. The van der Waals surface area contributed by atoms with Crippen molar-refractivity contribution in [2.75, 3.05) is 18.5 Å². The highest BCUT2D eigenvalue weighted by molar-refractivity contribution is 6.06. The van der Waals surface area contributed by atoms with Crippen LogP contribution in [-0.4, -0.2) is 25.2 Å². The first-order chi connectivity index (χ1) is 11.1. The highest BCUT2D eigenvalue weighted by atomic mass is 16.6. The van der Waals surface area contributed by atoms with Gasteiger partial charge in [-0.25, -0.2) is 0 Å². The van der Waals surface area contributed by atoms with Gasteiger partial charge in [0.25, 0.3) is 5.91 Å². The van der Waals surface area contributed by atoms with E-state index >= 15 is 0 Å². The highest BCUT2D eigenvalue weighted by Crippen LogP contribution is 2.34. The summed E-state index contributed by atoms with van der Waals surface area (Å²) in [4.78, 5) is 12.5. The Labute approximate surface area is 135 Å². The number of hydrogen-bond acceptors (Lipinski definition) is 4. The molecule has 2 aromatic rings. The minimum atomic E-state index is -0.232. The van der Waals surface area contributed by atoms with E-state index in [0.29, 0.717) is 36.0 Å². The lowest BCUT2D eigenvalue weighted by atomic mass is 10.1. The average Bonchev–Trinajstić information content (AvgIpc) is 2.55. The summed E-state index contributed by atoms with van der Waals surface area (Å²) in [6.45, 7) is 4.88. The summed E-state index contributed by atoms with van der Waals surface area (Å²) in [5.41, 5.74) is 1.16. The van der Waals surface area contributed by atoms with Crippen LogP contribution < -0.4 is 19.5 Å².